The number of aryl methyl sites for hydroxylation is 2. The fourth-order valence-corrected chi connectivity index (χ4v) is 4.09. The van der Waals surface area contributed by atoms with Crippen LogP contribution in [0, 0.1) is 25.2 Å². The third-order valence-electron chi connectivity index (χ3n) is 6.16. The van der Waals surface area contributed by atoms with Gasteiger partial charge in [0.2, 0.25) is 5.91 Å². The minimum Gasteiger partial charge on any atom is -0.319 e. The minimum atomic E-state index is -0.0739. The van der Waals surface area contributed by atoms with Crippen LogP contribution in [0.1, 0.15) is 40.9 Å². The van der Waals surface area contributed by atoms with Gasteiger partial charge in [0.05, 0.1) is 23.7 Å². The van der Waals surface area contributed by atoms with Gasteiger partial charge >= 0.3 is 0 Å². The number of carbonyl (C=O) groups is 1. The van der Waals surface area contributed by atoms with Gasteiger partial charge in [-0.25, -0.2) is 4.98 Å². The molecule has 2 aromatic carbocycles. The number of amides is 1. The Balaban J connectivity index is 0.000000248. The van der Waals surface area contributed by atoms with Gasteiger partial charge in [-0.1, -0.05) is 49.4 Å². The summed E-state index contributed by atoms with van der Waals surface area (Å²) in [4.78, 5) is 16.4. The molecule has 0 radical (unpaired) electrons. The van der Waals surface area contributed by atoms with E-state index in [-0.39, 0.29) is 5.91 Å². The van der Waals surface area contributed by atoms with E-state index in [0.717, 1.165) is 40.2 Å². The summed E-state index contributed by atoms with van der Waals surface area (Å²) < 4.78 is 1.86. The molecule has 4 aromatic rings. The molecule has 2 N–H and O–H groups in total. The Labute approximate surface area is 219 Å². The lowest BCUT2D eigenvalue weighted by atomic mass is 10.0. The van der Waals surface area contributed by atoms with Crippen molar-refractivity contribution in [1.82, 2.24) is 20.1 Å². The molecule has 2 aromatic heterocycles. The van der Waals surface area contributed by atoms with Crippen LogP contribution in [0.3, 0.4) is 0 Å². The van der Waals surface area contributed by atoms with Crippen LogP contribution in [-0.2, 0) is 18.3 Å². The lowest BCUT2D eigenvalue weighted by Crippen LogP contribution is -2.15. The summed E-state index contributed by atoms with van der Waals surface area (Å²) in [5, 5.41) is 19.0. The van der Waals surface area contributed by atoms with Gasteiger partial charge in [-0.2, -0.15) is 10.4 Å². The maximum absolute atomic E-state index is 12.1. The lowest BCUT2D eigenvalue weighted by molar-refractivity contribution is -0.115. The van der Waals surface area contributed by atoms with E-state index < -0.39 is 0 Å². The van der Waals surface area contributed by atoms with Crippen molar-refractivity contribution >= 4 is 11.7 Å². The van der Waals surface area contributed by atoms with Crippen molar-refractivity contribution < 1.29 is 4.79 Å². The normalized spacial score (nSPS) is 11.1. The molecule has 190 valence electrons. The summed E-state index contributed by atoms with van der Waals surface area (Å²) in [5.74, 6) is 0.979. The summed E-state index contributed by atoms with van der Waals surface area (Å²) >= 11 is 0. The second-order valence-corrected chi connectivity index (χ2v) is 9.00. The van der Waals surface area contributed by atoms with Crippen LogP contribution in [0.2, 0.25) is 0 Å². The van der Waals surface area contributed by atoms with Crippen molar-refractivity contribution in [3.63, 3.8) is 0 Å². The van der Waals surface area contributed by atoms with Crippen LogP contribution in [0.4, 0.5) is 5.82 Å². The molecule has 0 aliphatic carbocycles. The summed E-state index contributed by atoms with van der Waals surface area (Å²) in [6.07, 6.45) is 2.11. The minimum absolute atomic E-state index is 0.0739. The number of benzene rings is 2. The molecule has 4 rings (SSSR count). The van der Waals surface area contributed by atoms with Crippen molar-refractivity contribution in [2.24, 2.45) is 7.05 Å². The number of nitriles is 1. The molecular formula is C30H34N6O. The number of pyridine rings is 1. The van der Waals surface area contributed by atoms with Crippen molar-refractivity contribution in [2.75, 3.05) is 18.9 Å². The predicted molar refractivity (Wildman–Crippen MR) is 148 cm³/mol. The molecule has 2 heterocycles. The van der Waals surface area contributed by atoms with Gasteiger partial charge in [0, 0.05) is 36.6 Å². The van der Waals surface area contributed by atoms with Gasteiger partial charge < -0.3 is 10.6 Å². The summed E-state index contributed by atoms with van der Waals surface area (Å²) in [6.45, 7) is 7.15. The number of nitrogens with zero attached hydrogens (tertiary/aromatic N) is 4. The topological polar surface area (TPSA) is 95.6 Å². The van der Waals surface area contributed by atoms with Crippen LogP contribution in [0.25, 0.3) is 11.1 Å². The molecule has 0 bridgehead atoms. The molecule has 0 fully saturated rings. The predicted octanol–water partition coefficient (Wildman–Crippen LogP) is 5.16. The Morgan fingerprint density at radius 3 is 2.30 bits per heavy atom. The maximum Gasteiger partial charge on any atom is 0.229 e. The number of aromatic nitrogens is 3. The second kappa shape index (κ2) is 13.1. The quantitative estimate of drug-likeness (QED) is 0.370. The van der Waals surface area contributed by atoms with Gasteiger partial charge in [-0.05, 0) is 62.2 Å². The summed E-state index contributed by atoms with van der Waals surface area (Å²) in [6, 6.07) is 23.3. The van der Waals surface area contributed by atoms with Gasteiger partial charge in [-0.3, -0.25) is 9.48 Å². The third-order valence-corrected chi connectivity index (χ3v) is 6.16. The lowest BCUT2D eigenvalue weighted by Gasteiger charge is -2.10. The Hall–Kier alpha value is -4.28. The third kappa shape index (κ3) is 7.60. The number of carbonyl (C=O) groups excluding carboxylic acids is 1. The molecule has 0 aliphatic rings. The van der Waals surface area contributed by atoms with E-state index >= 15 is 0 Å². The zero-order chi connectivity index (χ0) is 26.8. The van der Waals surface area contributed by atoms with Crippen molar-refractivity contribution in [2.45, 2.75) is 33.1 Å². The van der Waals surface area contributed by atoms with E-state index in [4.69, 9.17) is 5.26 Å². The first-order valence-corrected chi connectivity index (χ1v) is 12.3. The summed E-state index contributed by atoms with van der Waals surface area (Å²) in [7, 11) is 3.87. The SMILES string of the molecule is CNCC(C)c1ccc(C#N)cc1.Cc1nn(C)c(C)c1-c1ccc(NC(=O)Cc2ccccc2)nc1. The average molecular weight is 495 g/mol. The number of anilines is 1. The van der Waals surface area contributed by atoms with Crippen molar-refractivity contribution in [3.8, 4) is 17.2 Å². The fraction of sp³-hybridized carbons (Fsp3) is 0.267. The van der Waals surface area contributed by atoms with Crippen LogP contribution in [0.15, 0.2) is 72.9 Å². The first kappa shape index (κ1) is 27.3. The van der Waals surface area contributed by atoms with Crippen LogP contribution in [-0.4, -0.2) is 34.3 Å². The standard InChI is InChI=1S/C19H20N4O.C11H14N2/c1-13-19(14(2)23(3)22-13)16-9-10-17(20-12-16)21-18(24)11-15-7-5-4-6-8-15;1-9(8-13-2)11-5-3-10(7-12)4-6-11/h4-10,12H,11H2,1-3H3,(H,20,21,24);3-6,9,13H,8H2,1-2H3. The fourth-order valence-electron chi connectivity index (χ4n) is 4.09. The molecule has 7 heteroatoms. The number of rotatable bonds is 7. The molecule has 1 atom stereocenters. The number of nitrogens with one attached hydrogen (secondary N) is 2. The monoisotopic (exact) mass is 494 g/mol. The molecule has 0 spiro atoms. The molecule has 0 saturated carbocycles. The number of hydrogen-bond donors (Lipinski definition) is 2. The van der Waals surface area contributed by atoms with E-state index in [9.17, 15) is 4.79 Å². The highest BCUT2D eigenvalue weighted by atomic mass is 16.1. The largest absolute Gasteiger partial charge is 0.319 e. The zero-order valence-corrected chi connectivity index (χ0v) is 22.1. The molecule has 1 unspecified atom stereocenters. The molecule has 37 heavy (non-hydrogen) atoms. The van der Waals surface area contributed by atoms with E-state index in [0.29, 0.717) is 18.2 Å². The van der Waals surface area contributed by atoms with Crippen molar-refractivity contribution in [3.05, 3.63) is 101 Å². The molecule has 1 amide bonds. The van der Waals surface area contributed by atoms with Crippen LogP contribution < -0.4 is 10.6 Å². The van der Waals surface area contributed by atoms with Gasteiger partial charge in [0.25, 0.3) is 0 Å². The Morgan fingerprint density at radius 1 is 1.05 bits per heavy atom. The Morgan fingerprint density at radius 2 is 1.76 bits per heavy atom. The first-order valence-electron chi connectivity index (χ1n) is 12.3. The number of hydrogen-bond acceptors (Lipinski definition) is 5. The van der Waals surface area contributed by atoms with Gasteiger partial charge in [0.15, 0.2) is 0 Å². The number of likely N-dealkylation sites (N-methyl/N-ethyl adjacent to an activating group) is 1. The van der Waals surface area contributed by atoms with Gasteiger partial charge in [-0.15, -0.1) is 0 Å². The first-order chi connectivity index (χ1) is 17.8. The van der Waals surface area contributed by atoms with E-state index in [2.05, 4.69) is 33.7 Å². The van der Waals surface area contributed by atoms with Crippen LogP contribution in [0.5, 0.6) is 0 Å². The molecule has 0 aliphatic heterocycles. The van der Waals surface area contributed by atoms with Crippen LogP contribution >= 0.6 is 0 Å². The van der Waals surface area contributed by atoms with Gasteiger partial charge in [0.1, 0.15) is 5.82 Å². The molecule has 0 saturated heterocycles. The second-order valence-electron chi connectivity index (χ2n) is 9.00. The average Bonchev–Trinajstić information content (AvgIpc) is 3.16. The van der Waals surface area contributed by atoms with E-state index in [1.807, 2.05) is 99.4 Å². The summed E-state index contributed by atoms with van der Waals surface area (Å²) in [5.41, 5.74) is 7.13. The van der Waals surface area contributed by atoms with E-state index in [1.165, 1.54) is 5.56 Å². The smallest absolute Gasteiger partial charge is 0.229 e. The van der Waals surface area contributed by atoms with E-state index in [1.54, 1.807) is 6.20 Å². The zero-order valence-electron chi connectivity index (χ0n) is 22.1. The van der Waals surface area contributed by atoms with Crippen molar-refractivity contribution in [1.29, 1.82) is 5.26 Å². The molecular weight excluding hydrogens is 460 g/mol. The highest BCUT2D eigenvalue weighted by Crippen LogP contribution is 2.26. The highest BCUT2D eigenvalue weighted by Gasteiger charge is 2.12. The Kier molecular flexibility index (Phi) is 9.70. The highest BCUT2D eigenvalue weighted by molar-refractivity contribution is 5.91. The molecule has 7 nitrogen and oxygen atoms in total. The maximum atomic E-state index is 12.1. The Bertz CT molecular complexity index is 1340.